The summed E-state index contributed by atoms with van der Waals surface area (Å²) >= 11 is 1.83. The Kier molecular flexibility index (Phi) is 21.2. The number of methoxy groups -OCH3 is 1. The van der Waals surface area contributed by atoms with E-state index in [1.54, 1.807) is 63.8 Å². The molecule has 0 spiro atoms. The molecule has 416 valence electrons. The number of rotatable bonds is 15. The Morgan fingerprint density at radius 1 is 0.945 bits per heavy atom. The van der Waals surface area contributed by atoms with Gasteiger partial charge in [0.15, 0.2) is 16.7 Å². The first-order chi connectivity index (χ1) is 33.9. The van der Waals surface area contributed by atoms with Crippen molar-refractivity contribution in [3.05, 3.63) is 45.7 Å². The Morgan fingerprint density at radius 3 is 2.23 bits per heavy atom. The van der Waals surface area contributed by atoms with Crippen molar-refractivity contribution in [3.63, 3.8) is 0 Å². The monoisotopic (exact) mass is 1150 g/mol. The number of hydrogen-bond donors (Lipinski definition) is 5. The highest BCUT2D eigenvalue weighted by molar-refractivity contribution is 14.1. The van der Waals surface area contributed by atoms with Crippen molar-refractivity contribution < 1.29 is 73.0 Å². The summed E-state index contributed by atoms with van der Waals surface area (Å²) in [5, 5.41) is 59.3. The highest BCUT2D eigenvalue weighted by atomic mass is 127. The van der Waals surface area contributed by atoms with Gasteiger partial charge in [-0.1, -0.05) is 19.9 Å². The zero-order valence-corrected chi connectivity index (χ0v) is 47.7. The lowest BCUT2D eigenvalue weighted by molar-refractivity contribution is -0.320. The number of nitrogens with zero attached hydrogens (tertiary/aromatic N) is 4. The molecule has 73 heavy (non-hydrogen) atoms. The number of halogens is 1. The number of carbonyl (C=O) groups excluding carboxylic acids is 1. The molecule has 3 aliphatic heterocycles. The predicted octanol–water partition coefficient (Wildman–Crippen LogP) is 3.73. The smallest absolute Gasteiger partial charge is 0.341 e. The van der Waals surface area contributed by atoms with Crippen molar-refractivity contribution >= 4 is 45.4 Å². The first kappa shape index (κ1) is 61.2. The van der Waals surface area contributed by atoms with Crippen LogP contribution < -0.4 is 10.4 Å². The summed E-state index contributed by atoms with van der Waals surface area (Å²) in [6.07, 6.45) is -5.45. The van der Waals surface area contributed by atoms with E-state index in [0.717, 1.165) is 0 Å². The second-order valence-electron chi connectivity index (χ2n) is 22.1. The van der Waals surface area contributed by atoms with E-state index in [1.165, 1.54) is 13.1 Å². The van der Waals surface area contributed by atoms with E-state index >= 15 is 0 Å². The van der Waals surface area contributed by atoms with Crippen LogP contribution in [0.2, 0.25) is 0 Å². The van der Waals surface area contributed by atoms with Gasteiger partial charge in [-0.05, 0) is 135 Å². The number of carboxylic acid groups (broad SMARTS) is 1. The Morgan fingerprint density at radius 2 is 1.62 bits per heavy atom. The molecule has 0 aliphatic carbocycles. The molecule has 0 unspecified atom stereocenters. The van der Waals surface area contributed by atoms with Crippen LogP contribution in [-0.4, -0.2) is 202 Å². The number of benzene rings is 1. The van der Waals surface area contributed by atoms with Gasteiger partial charge in [0.25, 0.3) is 0 Å². The van der Waals surface area contributed by atoms with Crippen LogP contribution in [0, 0.1) is 17.8 Å². The van der Waals surface area contributed by atoms with Gasteiger partial charge in [0, 0.05) is 77.0 Å². The molecule has 20 nitrogen and oxygen atoms in total. The molecule has 4 heterocycles. The summed E-state index contributed by atoms with van der Waals surface area (Å²) in [5.74, 6) is -4.09. The molecule has 5 rings (SSSR count). The molecule has 2 aromatic rings. The minimum Gasteiger partial charge on any atom is -0.477 e. The normalized spacial score (nSPS) is 38.7. The van der Waals surface area contributed by atoms with Crippen LogP contribution in [0.5, 0.6) is 0 Å². The number of hydrogen-bond acceptors (Lipinski definition) is 18. The Bertz CT molecular complexity index is 2210. The molecule has 0 bridgehead atoms. The van der Waals surface area contributed by atoms with Crippen LogP contribution in [0.15, 0.2) is 29.2 Å². The minimum absolute atomic E-state index is 0.159. The number of aliphatic hydroxyl groups excluding tert-OH is 2. The van der Waals surface area contributed by atoms with E-state index < -0.39 is 105 Å². The molecule has 0 radical (unpaired) electrons. The van der Waals surface area contributed by atoms with E-state index in [1.807, 2.05) is 94.2 Å². The molecule has 1 aromatic carbocycles. The number of pyridine rings is 1. The van der Waals surface area contributed by atoms with Crippen molar-refractivity contribution in [2.45, 2.75) is 183 Å². The average Bonchev–Trinajstić information content (AvgIpc) is 3.30. The highest BCUT2D eigenvalue weighted by Gasteiger charge is 2.53. The lowest BCUT2D eigenvalue weighted by atomic mass is 9.77. The molecular formula is C52H85IN4O16. The van der Waals surface area contributed by atoms with Crippen LogP contribution in [0.25, 0.3) is 10.9 Å². The van der Waals surface area contributed by atoms with E-state index in [2.05, 4.69) is 0 Å². The van der Waals surface area contributed by atoms with Crippen molar-refractivity contribution in [2.24, 2.45) is 17.8 Å². The summed E-state index contributed by atoms with van der Waals surface area (Å²) in [6, 6.07) is 4.37. The summed E-state index contributed by atoms with van der Waals surface area (Å²) in [6.45, 7) is 17.2. The number of cyclic esters (lactones) is 1. The van der Waals surface area contributed by atoms with Gasteiger partial charge in [0.1, 0.15) is 29.5 Å². The van der Waals surface area contributed by atoms with Crippen molar-refractivity contribution in [2.75, 3.05) is 67.1 Å². The number of alkyl halides is 1. The fraction of sp³-hybridized carbons (Fsp3) is 0.788. The van der Waals surface area contributed by atoms with Gasteiger partial charge < -0.3 is 78.2 Å². The Labute approximate surface area is 444 Å². The third-order valence-corrected chi connectivity index (χ3v) is 16.8. The van der Waals surface area contributed by atoms with Gasteiger partial charge in [-0.3, -0.25) is 14.3 Å². The lowest BCUT2D eigenvalue weighted by Crippen LogP contribution is -2.60. The second-order valence-corrected chi connectivity index (χ2v) is 23.2. The zero-order chi connectivity index (χ0) is 54.7. The number of aromatic carboxylic acids is 1. The van der Waals surface area contributed by atoms with Crippen molar-refractivity contribution in [3.8, 4) is 0 Å². The van der Waals surface area contributed by atoms with Crippen LogP contribution in [0.4, 0.5) is 0 Å². The fourth-order valence-corrected chi connectivity index (χ4v) is 11.6. The standard InChI is InChI=1S/C52H85IN4O16/c1-28-23-50(7,64)44(72-48-41(59)38(54(10)11)21-29(2)69-48)30(3)42(31(4)47(63)73-49(53)52(9,65)43(60)32(5)56(14)25-28)71-39-24-51(8,66-15)45(33(6)70-39)68-20-16-19-67-27-34-17-18-37-35(22-34)40(58)36(46(61)62)26-57(37)55(12)13/h17-18,22,26,28-33,38-39,41-45,48-49,59-60,64-65H,16,19-21,23-25,27H2,1-15H3,(H,61,62)/t28-,29-,30+,31-,32-,33+,38+,39+,41-,42+,43-,44-,45+,48+,49+,50-,51-,52+/m1/s1. The van der Waals surface area contributed by atoms with Gasteiger partial charge in [-0.25, -0.2) is 4.79 Å². The Hall–Kier alpha value is -2.62. The molecule has 3 aliphatic rings. The molecule has 3 saturated heterocycles. The number of likely N-dealkylation sites (N-methyl/N-ethyl adjacent to an activating group) is 2. The molecule has 3 fully saturated rings. The molecule has 0 amide bonds. The van der Waals surface area contributed by atoms with Crippen LogP contribution in [0.1, 0.15) is 104 Å². The number of esters is 1. The molecule has 1 aromatic heterocycles. The third kappa shape index (κ3) is 14.3. The van der Waals surface area contributed by atoms with Crippen molar-refractivity contribution in [1.82, 2.24) is 14.5 Å². The maximum atomic E-state index is 14.4. The maximum Gasteiger partial charge on any atom is 0.341 e. The number of carbonyl (C=O) groups is 2. The van der Waals surface area contributed by atoms with Gasteiger partial charge >= 0.3 is 11.9 Å². The number of fused-ring (bicyclic) bond motifs is 1. The van der Waals surface area contributed by atoms with Gasteiger partial charge in [-0.15, -0.1) is 0 Å². The minimum atomic E-state index is -1.87. The molecule has 0 saturated carbocycles. The van der Waals surface area contributed by atoms with Gasteiger partial charge in [0.2, 0.25) is 5.43 Å². The third-order valence-electron chi connectivity index (χ3n) is 15.3. The second kappa shape index (κ2) is 25.2. The number of aromatic nitrogens is 1. The van der Waals surface area contributed by atoms with Crippen LogP contribution in [-0.2, 0) is 49.3 Å². The van der Waals surface area contributed by atoms with E-state index in [0.29, 0.717) is 37.1 Å². The SMILES string of the molecule is CO[C@]1(C)C[C@H](O[C@H]2[C@H](C)[C@@H](O[C@@H]3O[C@H](C)C[C@H](N(C)C)[C@H]3O)[C@](C)(O)C[C@@H](C)CN(C)[C@H](C)[C@@H](O)[C@](C)(O)[C@@H](I)OC(=O)[C@@H]2C)O[C@@H](C)[C@@H]1OCCCOCc1ccc2c(c1)c(=O)c(C(=O)O)cn2N(C)C. The first-order valence-electron chi connectivity index (χ1n) is 25.4. The summed E-state index contributed by atoms with van der Waals surface area (Å²) in [5.41, 5.74) is -4.07. The highest BCUT2D eigenvalue weighted by Crippen LogP contribution is 2.41. The van der Waals surface area contributed by atoms with Gasteiger partial charge in [0.05, 0.1) is 53.7 Å². The van der Waals surface area contributed by atoms with Crippen molar-refractivity contribution in [1.29, 1.82) is 0 Å². The summed E-state index contributed by atoms with van der Waals surface area (Å²) < 4.78 is 51.6. The number of aliphatic hydroxyl groups is 4. The zero-order valence-electron chi connectivity index (χ0n) is 45.5. The molecule has 18 atom stereocenters. The molecule has 5 N–H and O–H groups in total. The number of carboxylic acids is 1. The lowest BCUT2D eigenvalue weighted by Gasteiger charge is -2.49. The summed E-state index contributed by atoms with van der Waals surface area (Å²) in [4.78, 5) is 43.2. The molecule has 21 heteroatoms. The van der Waals surface area contributed by atoms with Crippen LogP contribution >= 0.6 is 22.6 Å². The number of ether oxygens (including phenoxy) is 8. The summed E-state index contributed by atoms with van der Waals surface area (Å²) in [7, 11) is 10.7. The average molecular weight is 1150 g/mol. The maximum absolute atomic E-state index is 14.4. The van der Waals surface area contributed by atoms with Crippen LogP contribution in [0.3, 0.4) is 0 Å². The predicted molar refractivity (Wildman–Crippen MR) is 281 cm³/mol. The van der Waals surface area contributed by atoms with Gasteiger partial charge in [-0.2, -0.15) is 0 Å². The Balaban J connectivity index is 1.37. The quantitative estimate of drug-likeness (QED) is 0.0739. The van der Waals surface area contributed by atoms with E-state index in [4.69, 9.17) is 37.9 Å². The van der Waals surface area contributed by atoms with E-state index in [-0.39, 0.29) is 55.1 Å². The van der Waals surface area contributed by atoms with E-state index in [9.17, 15) is 39.9 Å². The first-order valence-corrected chi connectivity index (χ1v) is 26.7. The molecular weight excluding hydrogens is 1060 g/mol. The largest absolute Gasteiger partial charge is 0.477 e. The topological polar surface area (TPSA) is 241 Å². The fourth-order valence-electron chi connectivity index (χ4n) is 10.9.